The standard InChI is InChI=1S/C19H20N2O6/c1-13(22)4-5-14-6-8-16(9-7-14)26-12-15(23)11-21-19(24)27-18(20-21)17-3-2-10-25-17/h2-3,6-10,15,23H,4-5,11-12H2,1H3. The Hall–Kier alpha value is -3.13. The first-order valence-electron chi connectivity index (χ1n) is 8.52. The Morgan fingerprint density at radius 2 is 2.07 bits per heavy atom. The van der Waals surface area contributed by atoms with Crippen molar-refractivity contribution < 1.29 is 23.5 Å². The van der Waals surface area contributed by atoms with Gasteiger partial charge in [0.25, 0.3) is 5.89 Å². The van der Waals surface area contributed by atoms with Crippen LogP contribution in [-0.2, 0) is 17.8 Å². The van der Waals surface area contributed by atoms with Gasteiger partial charge in [0, 0.05) is 6.42 Å². The molecule has 27 heavy (non-hydrogen) atoms. The number of hydrogen-bond acceptors (Lipinski definition) is 7. The molecule has 8 heteroatoms. The Morgan fingerprint density at radius 1 is 1.30 bits per heavy atom. The normalized spacial score (nSPS) is 12.1. The highest BCUT2D eigenvalue weighted by Gasteiger charge is 2.15. The SMILES string of the molecule is CC(=O)CCc1ccc(OCC(O)Cn2nc(-c3ccco3)oc2=O)cc1. The van der Waals surface area contributed by atoms with Crippen LogP contribution in [0, 0.1) is 0 Å². The van der Waals surface area contributed by atoms with Crippen molar-refractivity contribution >= 4 is 5.78 Å². The van der Waals surface area contributed by atoms with Crippen molar-refractivity contribution in [3.63, 3.8) is 0 Å². The summed E-state index contributed by atoms with van der Waals surface area (Å²) < 4.78 is 16.7. The molecule has 8 nitrogen and oxygen atoms in total. The number of nitrogens with zero attached hydrogens (tertiary/aromatic N) is 2. The van der Waals surface area contributed by atoms with Crippen LogP contribution in [0.4, 0.5) is 0 Å². The van der Waals surface area contributed by atoms with E-state index in [1.165, 1.54) is 6.26 Å². The molecule has 0 aliphatic heterocycles. The van der Waals surface area contributed by atoms with Crippen LogP contribution in [0.5, 0.6) is 5.75 Å². The number of Topliss-reactive ketones (excluding diaryl/α,β-unsaturated/α-hetero) is 1. The molecule has 1 N–H and O–H groups in total. The van der Waals surface area contributed by atoms with Crippen LogP contribution in [0.25, 0.3) is 11.7 Å². The average Bonchev–Trinajstić information content (AvgIpc) is 3.29. The molecule has 0 saturated carbocycles. The third kappa shape index (κ3) is 5.18. The zero-order valence-corrected chi connectivity index (χ0v) is 14.8. The molecule has 1 unspecified atom stereocenters. The van der Waals surface area contributed by atoms with Gasteiger partial charge < -0.3 is 23.5 Å². The van der Waals surface area contributed by atoms with Gasteiger partial charge in [-0.1, -0.05) is 12.1 Å². The van der Waals surface area contributed by atoms with Crippen molar-refractivity contribution in [2.75, 3.05) is 6.61 Å². The fourth-order valence-corrected chi connectivity index (χ4v) is 2.44. The number of aromatic nitrogens is 2. The fraction of sp³-hybridized carbons (Fsp3) is 0.316. The van der Waals surface area contributed by atoms with Gasteiger partial charge in [-0.15, -0.1) is 5.10 Å². The summed E-state index contributed by atoms with van der Waals surface area (Å²) in [6.45, 7) is 1.48. The maximum absolute atomic E-state index is 11.8. The van der Waals surface area contributed by atoms with E-state index in [4.69, 9.17) is 13.6 Å². The summed E-state index contributed by atoms with van der Waals surface area (Å²) in [6.07, 6.45) is 1.69. The second kappa shape index (κ2) is 8.50. The first-order chi connectivity index (χ1) is 13.0. The van der Waals surface area contributed by atoms with Crippen LogP contribution in [0.15, 0.2) is 56.3 Å². The van der Waals surface area contributed by atoms with Gasteiger partial charge in [0.05, 0.1) is 12.8 Å². The first-order valence-corrected chi connectivity index (χ1v) is 8.52. The number of furan rings is 1. The van der Waals surface area contributed by atoms with Crippen LogP contribution >= 0.6 is 0 Å². The molecule has 0 bridgehead atoms. The minimum Gasteiger partial charge on any atom is -0.491 e. The Kier molecular flexibility index (Phi) is 5.87. The Labute approximate surface area is 155 Å². The highest BCUT2D eigenvalue weighted by molar-refractivity contribution is 5.75. The highest BCUT2D eigenvalue weighted by atomic mass is 16.5. The number of aryl methyl sites for hydroxylation is 1. The highest BCUT2D eigenvalue weighted by Crippen LogP contribution is 2.16. The minimum absolute atomic E-state index is 0.0117. The van der Waals surface area contributed by atoms with E-state index < -0.39 is 11.9 Å². The zero-order chi connectivity index (χ0) is 19.2. The van der Waals surface area contributed by atoms with E-state index in [0.29, 0.717) is 24.4 Å². The van der Waals surface area contributed by atoms with Gasteiger partial charge in [0.2, 0.25) is 0 Å². The summed E-state index contributed by atoms with van der Waals surface area (Å²) in [5, 5.41) is 14.1. The predicted octanol–water partition coefficient (Wildman–Crippen LogP) is 2.06. The molecular weight excluding hydrogens is 352 g/mol. The number of carbonyl (C=O) groups excluding carboxylic acids is 1. The Morgan fingerprint density at radius 3 is 2.74 bits per heavy atom. The molecule has 2 heterocycles. The molecule has 0 aliphatic rings. The fourth-order valence-electron chi connectivity index (χ4n) is 2.44. The number of ether oxygens (including phenoxy) is 1. The first kappa shape index (κ1) is 18.7. The van der Waals surface area contributed by atoms with E-state index >= 15 is 0 Å². The van der Waals surface area contributed by atoms with Gasteiger partial charge in [-0.3, -0.25) is 0 Å². The van der Waals surface area contributed by atoms with Crippen LogP contribution in [0.3, 0.4) is 0 Å². The van der Waals surface area contributed by atoms with Crippen molar-refractivity contribution in [2.45, 2.75) is 32.4 Å². The van der Waals surface area contributed by atoms with Gasteiger partial charge in [0.1, 0.15) is 24.2 Å². The van der Waals surface area contributed by atoms with Gasteiger partial charge in [-0.2, -0.15) is 4.68 Å². The molecule has 0 aliphatic carbocycles. The van der Waals surface area contributed by atoms with Crippen LogP contribution in [0.2, 0.25) is 0 Å². The average molecular weight is 372 g/mol. The molecule has 142 valence electrons. The van der Waals surface area contributed by atoms with Crippen molar-refractivity contribution in [3.05, 3.63) is 58.8 Å². The molecule has 0 spiro atoms. The van der Waals surface area contributed by atoms with Crippen molar-refractivity contribution in [1.29, 1.82) is 0 Å². The largest absolute Gasteiger partial charge is 0.491 e. The van der Waals surface area contributed by atoms with E-state index in [-0.39, 0.29) is 24.8 Å². The zero-order valence-electron chi connectivity index (χ0n) is 14.8. The third-order valence-electron chi connectivity index (χ3n) is 3.85. The molecule has 0 saturated heterocycles. The maximum Gasteiger partial charge on any atom is 0.437 e. The van der Waals surface area contributed by atoms with E-state index in [2.05, 4.69) is 5.10 Å². The summed E-state index contributed by atoms with van der Waals surface area (Å²) in [6, 6.07) is 10.6. The van der Waals surface area contributed by atoms with Gasteiger partial charge in [-0.25, -0.2) is 4.79 Å². The molecule has 3 aromatic rings. The lowest BCUT2D eigenvalue weighted by molar-refractivity contribution is -0.116. The number of rotatable bonds is 9. The summed E-state index contributed by atoms with van der Waals surface area (Å²) in [4.78, 5) is 22.8. The lowest BCUT2D eigenvalue weighted by atomic mass is 10.1. The number of aliphatic hydroxyl groups excluding tert-OH is 1. The molecular formula is C19H20N2O6. The summed E-state index contributed by atoms with van der Waals surface area (Å²) in [7, 11) is 0. The molecule has 0 radical (unpaired) electrons. The third-order valence-corrected chi connectivity index (χ3v) is 3.85. The second-order valence-electron chi connectivity index (χ2n) is 6.14. The quantitative estimate of drug-likeness (QED) is 0.612. The van der Waals surface area contributed by atoms with Crippen LogP contribution in [-0.4, -0.2) is 33.4 Å². The van der Waals surface area contributed by atoms with Gasteiger partial charge >= 0.3 is 5.76 Å². The summed E-state index contributed by atoms with van der Waals surface area (Å²) in [5.41, 5.74) is 1.04. The molecule has 2 aromatic heterocycles. The smallest absolute Gasteiger partial charge is 0.437 e. The predicted molar refractivity (Wildman–Crippen MR) is 95.4 cm³/mol. The van der Waals surface area contributed by atoms with E-state index in [0.717, 1.165) is 10.2 Å². The lowest BCUT2D eigenvalue weighted by Gasteiger charge is -2.12. The second-order valence-corrected chi connectivity index (χ2v) is 6.14. The topological polar surface area (TPSA) is 108 Å². The van der Waals surface area contributed by atoms with Crippen LogP contribution < -0.4 is 10.5 Å². The number of benzene rings is 1. The lowest BCUT2D eigenvalue weighted by Crippen LogP contribution is -2.29. The molecule has 1 aromatic carbocycles. The summed E-state index contributed by atoms with van der Waals surface area (Å²) >= 11 is 0. The monoisotopic (exact) mass is 372 g/mol. The molecule has 1 atom stereocenters. The number of ketones is 1. The Balaban J connectivity index is 1.52. The van der Waals surface area contributed by atoms with Crippen LogP contribution in [0.1, 0.15) is 18.9 Å². The van der Waals surface area contributed by atoms with Crippen molar-refractivity contribution in [3.8, 4) is 17.4 Å². The Bertz CT molecular complexity index is 924. The van der Waals surface area contributed by atoms with E-state index in [1.54, 1.807) is 31.2 Å². The molecule has 0 amide bonds. The number of hydrogen-bond donors (Lipinski definition) is 1. The van der Waals surface area contributed by atoms with E-state index in [1.807, 2.05) is 12.1 Å². The van der Waals surface area contributed by atoms with Gasteiger partial charge in [0.15, 0.2) is 5.76 Å². The van der Waals surface area contributed by atoms with Gasteiger partial charge in [-0.05, 0) is 43.2 Å². The minimum atomic E-state index is -0.949. The molecule has 0 fully saturated rings. The van der Waals surface area contributed by atoms with Crippen molar-refractivity contribution in [2.24, 2.45) is 0 Å². The number of aliphatic hydroxyl groups is 1. The maximum atomic E-state index is 11.8. The van der Waals surface area contributed by atoms with Crippen molar-refractivity contribution in [1.82, 2.24) is 9.78 Å². The summed E-state index contributed by atoms with van der Waals surface area (Å²) in [5.74, 6) is 0.442. The molecule has 3 rings (SSSR count). The number of carbonyl (C=O) groups is 1. The van der Waals surface area contributed by atoms with E-state index in [9.17, 15) is 14.7 Å².